The zero-order chi connectivity index (χ0) is 24.1. The Morgan fingerprint density at radius 1 is 1.20 bits per heavy atom. The highest BCUT2D eigenvalue weighted by Gasteiger charge is 2.38. The van der Waals surface area contributed by atoms with Gasteiger partial charge >= 0.3 is 11.8 Å². The van der Waals surface area contributed by atoms with Gasteiger partial charge in [0.2, 0.25) is 0 Å². The molecule has 10 nitrogen and oxygen atoms in total. The van der Waals surface area contributed by atoms with Crippen LogP contribution in [0.15, 0.2) is 53.3 Å². The van der Waals surface area contributed by atoms with Gasteiger partial charge in [0.1, 0.15) is 11.7 Å². The van der Waals surface area contributed by atoms with Crippen molar-refractivity contribution in [3.05, 3.63) is 83.2 Å². The van der Waals surface area contributed by atoms with E-state index in [0.29, 0.717) is 18.7 Å². The topological polar surface area (TPSA) is 118 Å². The van der Waals surface area contributed by atoms with Crippen molar-refractivity contribution in [2.75, 3.05) is 6.54 Å². The highest BCUT2D eigenvalue weighted by atomic mass is 31.1. The van der Waals surface area contributed by atoms with Crippen molar-refractivity contribution in [1.29, 1.82) is 0 Å². The number of hydrogen-bond acceptors (Lipinski definition) is 7. The molecule has 12 heteroatoms. The molecule has 1 N–H and O–H groups in total. The maximum absolute atomic E-state index is 13.7. The maximum Gasteiger partial charge on any atom is 0.312 e. The summed E-state index contributed by atoms with van der Waals surface area (Å²) in [5.74, 6) is -0.249. The summed E-state index contributed by atoms with van der Waals surface area (Å²) in [5.41, 5.74) is 5.87. The Bertz CT molecular complexity index is 1560. The van der Waals surface area contributed by atoms with Crippen LogP contribution in [0.3, 0.4) is 0 Å². The normalized spacial score (nSPS) is 15.7. The number of pyridine rings is 2. The molecule has 0 spiro atoms. The number of aryl methyl sites for hydroxylation is 1. The highest BCUT2D eigenvalue weighted by Crippen LogP contribution is 2.36. The first-order valence-electron chi connectivity index (χ1n) is 11.1. The smallest absolute Gasteiger partial charge is 0.312 e. The number of carbonyl (C=O) groups is 1. The molecule has 0 saturated carbocycles. The molecule has 35 heavy (non-hydrogen) atoms. The first kappa shape index (κ1) is 22.0. The number of nitrogens with one attached hydrogen (secondary N) is 1. The van der Waals surface area contributed by atoms with Gasteiger partial charge in [-0.1, -0.05) is 12.1 Å². The Morgan fingerprint density at radius 2 is 2.09 bits per heavy atom. The number of aromatic amines is 1. The minimum Gasteiger partial charge on any atom is -0.411 e. The summed E-state index contributed by atoms with van der Waals surface area (Å²) >= 11 is 0. The molecule has 0 saturated heterocycles. The monoisotopic (exact) mass is 504 g/mol. The third kappa shape index (κ3) is 3.74. The second-order valence-corrected chi connectivity index (χ2v) is 10.6. The summed E-state index contributed by atoms with van der Waals surface area (Å²) in [4.78, 5) is 27.4. The maximum atomic E-state index is 13.7. The molecule has 0 aliphatic carbocycles. The summed E-state index contributed by atoms with van der Waals surface area (Å²) in [6, 6.07) is 11.3. The van der Waals surface area contributed by atoms with Crippen molar-refractivity contribution in [2.24, 2.45) is 0 Å². The van der Waals surface area contributed by atoms with Crippen LogP contribution in [0.25, 0.3) is 17.1 Å². The lowest BCUT2D eigenvalue weighted by Crippen LogP contribution is -2.41. The summed E-state index contributed by atoms with van der Waals surface area (Å²) in [6.07, 6.45) is 3.94. The second kappa shape index (κ2) is 8.63. The Labute approximate surface area is 205 Å². The van der Waals surface area contributed by atoms with Crippen LogP contribution < -0.4 is 0 Å². The molecule has 6 heterocycles. The summed E-state index contributed by atoms with van der Waals surface area (Å²) < 4.78 is 7.69. The molecule has 0 radical (unpaired) electrons. The van der Waals surface area contributed by atoms with Gasteiger partial charge in [-0.3, -0.25) is 9.78 Å². The number of rotatable bonds is 4. The summed E-state index contributed by atoms with van der Waals surface area (Å²) in [7, 11) is 5.54. The molecule has 1 amide bonds. The van der Waals surface area contributed by atoms with Crippen molar-refractivity contribution >= 4 is 29.9 Å². The van der Waals surface area contributed by atoms with E-state index >= 15 is 0 Å². The van der Waals surface area contributed by atoms with Crippen LogP contribution in [-0.2, 0) is 6.42 Å². The molecule has 0 bridgehead atoms. The predicted octanol–water partition coefficient (Wildman–Crippen LogP) is 3.35. The lowest BCUT2D eigenvalue weighted by atomic mass is 9.99. The van der Waals surface area contributed by atoms with E-state index in [9.17, 15) is 4.79 Å². The van der Waals surface area contributed by atoms with Gasteiger partial charge < -0.3 is 14.3 Å². The molecule has 0 aromatic carbocycles. The van der Waals surface area contributed by atoms with E-state index in [4.69, 9.17) is 9.52 Å². The molecule has 5 aromatic heterocycles. The fourth-order valence-corrected chi connectivity index (χ4v) is 4.98. The fraction of sp³-hybridized carbons (Fsp3) is 0.217. The lowest BCUT2D eigenvalue weighted by molar-refractivity contribution is 0.0646. The second-order valence-electron chi connectivity index (χ2n) is 8.38. The first-order valence-corrected chi connectivity index (χ1v) is 12.4. The van der Waals surface area contributed by atoms with Crippen LogP contribution in [0.4, 0.5) is 0 Å². The molecule has 5 aromatic rings. The zero-order valence-corrected chi connectivity index (χ0v) is 21.1. The number of fused-ring (bicyclic) bond motifs is 2. The van der Waals surface area contributed by atoms with E-state index in [-0.39, 0.29) is 23.1 Å². The Kier molecular flexibility index (Phi) is 5.43. The van der Waals surface area contributed by atoms with Gasteiger partial charge in [0.25, 0.3) is 5.89 Å². The van der Waals surface area contributed by atoms with Crippen molar-refractivity contribution in [3.8, 4) is 11.6 Å². The number of aromatic nitrogens is 7. The average molecular weight is 504 g/mol. The largest absolute Gasteiger partial charge is 0.411 e. The molecular formula is C23H22N8O2P2. The third-order valence-electron chi connectivity index (χ3n) is 6.16. The van der Waals surface area contributed by atoms with E-state index in [0.717, 1.165) is 33.9 Å². The predicted molar refractivity (Wildman–Crippen MR) is 135 cm³/mol. The first-order chi connectivity index (χ1) is 17.0. The van der Waals surface area contributed by atoms with E-state index in [2.05, 4.69) is 43.6 Å². The molecule has 176 valence electrons. The van der Waals surface area contributed by atoms with Gasteiger partial charge in [0.15, 0.2) is 0 Å². The quantitative estimate of drug-likeness (QED) is 0.373. The van der Waals surface area contributed by atoms with Crippen molar-refractivity contribution < 1.29 is 9.21 Å². The highest BCUT2D eigenvalue weighted by molar-refractivity contribution is 7.37. The van der Waals surface area contributed by atoms with Crippen LogP contribution in [0.1, 0.15) is 50.5 Å². The van der Waals surface area contributed by atoms with Crippen LogP contribution >= 0.6 is 18.5 Å². The van der Waals surface area contributed by atoms with Gasteiger partial charge in [0.05, 0.1) is 28.9 Å². The number of amides is 1. The molecule has 0 fully saturated rings. The van der Waals surface area contributed by atoms with E-state index in [1.165, 1.54) is 0 Å². The molecule has 1 aliphatic rings. The minimum absolute atomic E-state index is 0.0894. The van der Waals surface area contributed by atoms with Crippen molar-refractivity contribution in [1.82, 2.24) is 39.7 Å². The number of imidazole rings is 1. The minimum atomic E-state index is -0.496. The van der Waals surface area contributed by atoms with Gasteiger partial charge in [-0.15, -0.1) is 28.7 Å². The SMILES string of the molecule is Cc1cccnc1-c1nnc(C(=O)N2CCc3[nH]cnc3[C@H]2c2cc3cccc(C(P)P)n3n2)o1. The fourth-order valence-electron chi connectivity index (χ4n) is 4.47. The summed E-state index contributed by atoms with van der Waals surface area (Å²) in [6.45, 7) is 2.36. The number of hydrogen-bond donors (Lipinski definition) is 1. The molecule has 1 aliphatic heterocycles. The Balaban J connectivity index is 1.42. The number of nitrogens with zero attached hydrogens (tertiary/aromatic N) is 7. The van der Waals surface area contributed by atoms with E-state index in [1.807, 2.05) is 47.8 Å². The Morgan fingerprint density at radius 3 is 2.91 bits per heavy atom. The lowest BCUT2D eigenvalue weighted by Gasteiger charge is -2.32. The number of carbonyl (C=O) groups excluding carboxylic acids is 1. The standard InChI is InChI=1S/C23H22N8O2P2/c1-12-4-3-8-24-17(12)20-27-28-21(33-20)22(32)30-9-7-14-18(26-11-25-14)19(30)15-10-13-5-2-6-16(23(34)35)31(13)29-15/h2-6,8,10-11,19,23H,7,9,34-35H2,1H3,(H,25,26)/t19-/m1/s1. The van der Waals surface area contributed by atoms with Gasteiger partial charge in [0, 0.05) is 30.3 Å². The number of H-pyrrole nitrogens is 1. The molecule has 2 unspecified atom stereocenters. The molecular weight excluding hydrogens is 482 g/mol. The molecule has 6 rings (SSSR count). The zero-order valence-electron chi connectivity index (χ0n) is 18.8. The average Bonchev–Trinajstić information content (AvgIpc) is 3.62. The Hall–Kier alpha value is -3.48. The van der Waals surface area contributed by atoms with Gasteiger partial charge in [-0.2, -0.15) is 5.10 Å². The molecule has 3 atom stereocenters. The van der Waals surface area contributed by atoms with Crippen LogP contribution in [0.5, 0.6) is 0 Å². The summed E-state index contributed by atoms with van der Waals surface area (Å²) in [5, 5.41) is 13.2. The van der Waals surface area contributed by atoms with E-state index < -0.39 is 6.04 Å². The van der Waals surface area contributed by atoms with Crippen LogP contribution in [0, 0.1) is 6.92 Å². The van der Waals surface area contributed by atoms with E-state index in [1.54, 1.807) is 17.4 Å². The third-order valence-corrected chi connectivity index (χ3v) is 6.84. The van der Waals surface area contributed by atoms with Crippen molar-refractivity contribution in [2.45, 2.75) is 24.8 Å². The van der Waals surface area contributed by atoms with Crippen LogP contribution in [0.2, 0.25) is 0 Å². The van der Waals surface area contributed by atoms with Gasteiger partial charge in [-0.05, 0) is 36.8 Å². The van der Waals surface area contributed by atoms with Crippen LogP contribution in [-0.4, -0.2) is 52.1 Å². The van der Waals surface area contributed by atoms with Gasteiger partial charge in [-0.25, -0.2) is 9.50 Å². The van der Waals surface area contributed by atoms with Crippen molar-refractivity contribution in [3.63, 3.8) is 0 Å².